The molecule has 0 aromatic heterocycles. The minimum absolute atomic E-state index is 0.0749. The van der Waals surface area contributed by atoms with Crippen LogP contribution in [0.2, 0.25) is 0 Å². The highest BCUT2D eigenvalue weighted by molar-refractivity contribution is 9.10. The van der Waals surface area contributed by atoms with Crippen molar-refractivity contribution >= 4 is 21.8 Å². The fourth-order valence-corrected chi connectivity index (χ4v) is 3.55. The molecule has 2 aromatic rings. The van der Waals surface area contributed by atoms with Crippen molar-refractivity contribution in [3.05, 3.63) is 64.4 Å². The molecule has 1 saturated heterocycles. The van der Waals surface area contributed by atoms with E-state index in [0.717, 1.165) is 32.5 Å². The number of hydrogen-bond donors (Lipinski definition) is 1. The number of nitrogens with zero attached hydrogens (tertiary/aromatic N) is 1. The second kappa shape index (κ2) is 9.14. The number of hydrogen-bond acceptors (Lipinski definition) is 3. The maximum atomic E-state index is 13.1. The van der Waals surface area contributed by atoms with Crippen molar-refractivity contribution in [2.24, 2.45) is 0 Å². The first-order chi connectivity index (χ1) is 12.6. The molecule has 1 amide bonds. The Hall–Kier alpha value is -1.92. The number of nitrogens with one attached hydrogen (secondary N) is 1. The third kappa shape index (κ3) is 5.54. The van der Waals surface area contributed by atoms with E-state index in [9.17, 15) is 9.18 Å². The summed E-state index contributed by atoms with van der Waals surface area (Å²) < 4.78 is 19.0. The highest BCUT2D eigenvalue weighted by Gasteiger charge is 2.21. The molecule has 1 fully saturated rings. The second-order valence-electron chi connectivity index (χ2n) is 6.47. The van der Waals surface area contributed by atoms with Crippen molar-refractivity contribution in [3.63, 3.8) is 0 Å². The molecule has 1 aliphatic heterocycles. The van der Waals surface area contributed by atoms with Crippen molar-refractivity contribution in [2.45, 2.75) is 25.4 Å². The molecule has 0 radical (unpaired) electrons. The number of amides is 1. The standard InChI is InChI=1S/C20H22BrFN2O2/c21-18-12-16(22)6-7-19(18)26-14-20(25)23-17-8-10-24(11-9-17)13-15-4-2-1-3-5-15/h1-7,12,17H,8-11,13-14H2,(H,23,25). The fourth-order valence-electron chi connectivity index (χ4n) is 3.08. The first kappa shape index (κ1) is 18.9. The van der Waals surface area contributed by atoms with E-state index in [-0.39, 0.29) is 24.4 Å². The smallest absolute Gasteiger partial charge is 0.258 e. The predicted molar refractivity (Wildman–Crippen MR) is 102 cm³/mol. The molecule has 1 aliphatic rings. The van der Waals surface area contributed by atoms with Crippen LogP contribution in [-0.4, -0.2) is 36.5 Å². The van der Waals surface area contributed by atoms with Gasteiger partial charge in [0.1, 0.15) is 11.6 Å². The molecular formula is C20H22BrFN2O2. The minimum Gasteiger partial charge on any atom is -0.483 e. The summed E-state index contributed by atoms with van der Waals surface area (Å²) >= 11 is 3.23. The minimum atomic E-state index is -0.351. The second-order valence-corrected chi connectivity index (χ2v) is 7.32. The van der Waals surface area contributed by atoms with Gasteiger partial charge in [-0.1, -0.05) is 30.3 Å². The van der Waals surface area contributed by atoms with E-state index in [2.05, 4.69) is 50.4 Å². The molecule has 138 valence electrons. The zero-order valence-corrected chi connectivity index (χ0v) is 16.0. The molecular weight excluding hydrogens is 399 g/mol. The van der Waals surface area contributed by atoms with E-state index in [1.807, 2.05) is 6.07 Å². The van der Waals surface area contributed by atoms with Gasteiger partial charge >= 0.3 is 0 Å². The number of benzene rings is 2. The molecule has 26 heavy (non-hydrogen) atoms. The van der Waals surface area contributed by atoms with Crippen LogP contribution in [0.4, 0.5) is 4.39 Å². The Kier molecular flexibility index (Phi) is 6.63. The van der Waals surface area contributed by atoms with E-state index in [0.29, 0.717) is 10.2 Å². The molecule has 6 heteroatoms. The molecule has 0 spiro atoms. The van der Waals surface area contributed by atoms with Crippen LogP contribution in [0.25, 0.3) is 0 Å². The Labute approximate surface area is 161 Å². The van der Waals surface area contributed by atoms with Gasteiger partial charge in [0.25, 0.3) is 5.91 Å². The van der Waals surface area contributed by atoms with Crippen LogP contribution in [-0.2, 0) is 11.3 Å². The summed E-state index contributed by atoms with van der Waals surface area (Å²) in [4.78, 5) is 14.5. The molecule has 2 aromatic carbocycles. The van der Waals surface area contributed by atoms with Crippen molar-refractivity contribution in [1.82, 2.24) is 10.2 Å². The Morgan fingerprint density at radius 2 is 1.92 bits per heavy atom. The van der Waals surface area contributed by atoms with Gasteiger partial charge in [-0.25, -0.2) is 4.39 Å². The van der Waals surface area contributed by atoms with Crippen LogP contribution >= 0.6 is 15.9 Å². The number of carbonyl (C=O) groups excluding carboxylic acids is 1. The lowest BCUT2D eigenvalue weighted by atomic mass is 10.0. The van der Waals surface area contributed by atoms with Crippen LogP contribution in [0, 0.1) is 5.82 Å². The lowest BCUT2D eigenvalue weighted by Crippen LogP contribution is -2.45. The topological polar surface area (TPSA) is 41.6 Å². The van der Waals surface area contributed by atoms with Crippen LogP contribution in [0.5, 0.6) is 5.75 Å². The van der Waals surface area contributed by atoms with Gasteiger partial charge in [-0.15, -0.1) is 0 Å². The molecule has 1 heterocycles. The van der Waals surface area contributed by atoms with Crippen molar-refractivity contribution in [3.8, 4) is 5.75 Å². The van der Waals surface area contributed by atoms with Crippen molar-refractivity contribution in [1.29, 1.82) is 0 Å². The van der Waals surface area contributed by atoms with Gasteiger partial charge in [0.15, 0.2) is 6.61 Å². The molecule has 1 N–H and O–H groups in total. The van der Waals surface area contributed by atoms with E-state index >= 15 is 0 Å². The van der Waals surface area contributed by atoms with Gasteiger partial charge in [0.2, 0.25) is 0 Å². The Balaban J connectivity index is 1.39. The maximum absolute atomic E-state index is 13.1. The Morgan fingerprint density at radius 3 is 2.62 bits per heavy atom. The number of likely N-dealkylation sites (tertiary alicyclic amines) is 1. The zero-order valence-electron chi connectivity index (χ0n) is 14.5. The average Bonchev–Trinajstić information content (AvgIpc) is 2.63. The van der Waals surface area contributed by atoms with E-state index < -0.39 is 0 Å². The van der Waals surface area contributed by atoms with Crippen molar-refractivity contribution < 1.29 is 13.9 Å². The number of rotatable bonds is 6. The third-order valence-electron chi connectivity index (χ3n) is 4.45. The third-order valence-corrected chi connectivity index (χ3v) is 5.07. The number of halogens is 2. The van der Waals surface area contributed by atoms with Crippen LogP contribution in [0.3, 0.4) is 0 Å². The normalized spacial score (nSPS) is 15.6. The quantitative estimate of drug-likeness (QED) is 0.773. The summed E-state index contributed by atoms with van der Waals surface area (Å²) in [5, 5.41) is 3.02. The summed E-state index contributed by atoms with van der Waals surface area (Å²) in [5.41, 5.74) is 1.31. The highest BCUT2D eigenvalue weighted by atomic mass is 79.9. The van der Waals surface area contributed by atoms with E-state index in [1.165, 1.54) is 23.8 Å². The molecule has 0 bridgehead atoms. The van der Waals surface area contributed by atoms with E-state index in [1.54, 1.807) is 0 Å². The molecule has 4 nitrogen and oxygen atoms in total. The Morgan fingerprint density at radius 1 is 1.19 bits per heavy atom. The summed E-state index contributed by atoms with van der Waals surface area (Å²) in [5.74, 6) is -0.0436. The summed E-state index contributed by atoms with van der Waals surface area (Å²) in [6, 6.07) is 14.7. The monoisotopic (exact) mass is 420 g/mol. The number of ether oxygens (including phenoxy) is 1. The molecule has 0 unspecified atom stereocenters. The zero-order chi connectivity index (χ0) is 18.4. The molecule has 0 saturated carbocycles. The molecule has 3 rings (SSSR count). The van der Waals surface area contributed by atoms with Gasteiger partial charge in [0.05, 0.1) is 4.47 Å². The SMILES string of the molecule is O=C(COc1ccc(F)cc1Br)NC1CCN(Cc2ccccc2)CC1. The Bertz CT molecular complexity index is 734. The van der Waals surface area contributed by atoms with Crippen LogP contribution in [0.1, 0.15) is 18.4 Å². The summed E-state index contributed by atoms with van der Waals surface area (Å²) in [6.45, 7) is 2.80. The van der Waals surface area contributed by atoms with Crippen LogP contribution in [0.15, 0.2) is 53.0 Å². The molecule has 0 aliphatic carbocycles. The van der Waals surface area contributed by atoms with E-state index in [4.69, 9.17) is 4.74 Å². The first-order valence-electron chi connectivity index (χ1n) is 8.73. The number of carbonyl (C=O) groups is 1. The first-order valence-corrected chi connectivity index (χ1v) is 9.53. The van der Waals surface area contributed by atoms with Crippen molar-refractivity contribution in [2.75, 3.05) is 19.7 Å². The maximum Gasteiger partial charge on any atom is 0.258 e. The van der Waals surface area contributed by atoms with Gasteiger partial charge in [-0.3, -0.25) is 9.69 Å². The van der Waals surface area contributed by atoms with Gasteiger partial charge in [-0.2, -0.15) is 0 Å². The summed E-state index contributed by atoms with van der Waals surface area (Å²) in [6.07, 6.45) is 1.86. The average molecular weight is 421 g/mol. The molecule has 0 atom stereocenters. The lowest BCUT2D eigenvalue weighted by Gasteiger charge is -2.32. The predicted octanol–water partition coefficient (Wildman–Crippen LogP) is 3.75. The van der Waals surface area contributed by atoms with Crippen LogP contribution < -0.4 is 10.1 Å². The van der Waals surface area contributed by atoms with Gasteiger partial charge in [-0.05, 0) is 52.5 Å². The largest absolute Gasteiger partial charge is 0.483 e. The summed E-state index contributed by atoms with van der Waals surface area (Å²) in [7, 11) is 0. The van der Waals surface area contributed by atoms with Gasteiger partial charge in [0, 0.05) is 25.7 Å². The lowest BCUT2D eigenvalue weighted by molar-refractivity contribution is -0.124. The fraction of sp³-hybridized carbons (Fsp3) is 0.350. The number of piperidine rings is 1. The highest BCUT2D eigenvalue weighted by Crippen LogP contribution is 2.25. The van der Waals surface area contributed by atoms with Gasteiger partial charge < -0.3 is 10.1 Å².